The minimum atomic E-state index is 0.158. The summed E-state index contributed by atoms with van der Waals surface area (Å²) in [6, 6.07) is 4.31. The van der Waals surface area contributed by atoms with Gasteiger partial charge in [0, 0.05) is 35.8 Å². The van der Waals surface area contributed by atoms with Crippen LogP contribution in [0.25, 0.3) is 10.6 Å². The number of thiazole rings is 1. The van der Waals surface area contributed by atoms with Gasteiger partial charge in [0.2, 0.25) is 5.91 Å². The second-order valence-electron chi connectivity index (χ2n) is 5.78. The number of amides is 1. The van der Waals surface area contributed by atoms with Gasteiger partial charge in [0.1, 0.15) is 5.01 Å². The maximum atomic E-state index is 12.0. The van der Waals surface area contributed by atoms with Crippen LogP contribution in [0.15, 0.2) is 29.9 Å². The number of carbonyl (C=O) groups is 1. The Morgan fingerprint density at radius 3 is 2.77 bits per heavy atom. The summed E-state index contributed by atoms with van der Waals surface area (Å²) in [5, 5.41) is 6.19. The molecule has 2 aromatic rings. The van der Waals surface area contributed by atoms with Crippen molar-refractivity contribution in [1.82, 2.24) is 15.3 Å². The summed E-state index contributed by atoms with van der Waals surface area (Å²) in [5.74, 6) is 0.158. The number of aromatic nitrogens is 2. The molecule has 4 nitrogen and oxygen atoms in total. The van der Waals surface area contributed by atoms with Gasteiger partial charge in [-0.2, -0.15) is 0 Å². The highest BCUT2D eigenvalue weighted by Crippen LogP contribution is 2.23. The summed E-state index contributed by atoms with van der Waals surface area (Å²) < 4.78 is 0. The summed E-state index contributed by atoms with van der Waals surface area (Å²) in [4.78, 5) is 20.6. The monoisotopic (exact) mass is 315 g/mol. The van der Waals surface area contributed by atoms with Crippen LogP contribution >= 0.6 is 11.3 Å². The third kappa shape index (κ3) is 4.13. The van der Waals surface area contributed by atoms with E-state index in [1.54, 1.807) is 23.7 Å². The molecule has 2 aromatic heterocycles. The zero-order valence-corrected chi connectivity index (χ0v) is 13.4. The number of nitrogens with one attached hydrogen (secondary N) is 1. The molecule has 1 fully saturated rings. The van der Waals surface area contributed by atoms with E-state index >= 15 is 0 Å². The Bertz CT molecular complexity index is 605. The highest BCUT2D eigenvalue weighted by Gasteiger charge is 2.15. The number of aryl methyl sites for hydroxylation is 1. The Kier molecular flexibility index (Phi) is 5.16. The first-order valence-electron chi connectivity index (χ1n) is 7.95. The molecule has 1 amide bonds. The van der Waals surface area contributed by atoms with Crippen molar-refractivity contribution in [3.8, 4) is 10.6 Å². The van der Waals surface area contributed by atoms with E-state index in [2.05, 4.69) is 15.3 Å². The van der Waals surface area contributed by atoms with Crippen molar-refractivity contribution in [3.05, 3.63) is 35.6 Å². The number of rotatable bonds is 5. The number of hydrogen-bond donors (Lipinski definition) is 1. The predicted octanol–water partition coefficient (Wildman–Crippen LogP) is 3.59. The molecule has 1 saturated carbocycles. The fourth-order valence-electron chi connectivity index (χ4n) is 2.84. The SMILES string of the molecule is O=C(CCc1csc(-c2ccncc2)n1)NC1CCCCC1. The molecule has 3 rings (SSSR count). The van der Waals surface area contributed by atoms with E-state index in [9.17, 15) is 4.79 Å². The lowest BCUT2D eigenvalue weighted by atomic mass is 9.95. The third-order valence-electron chi connectivity index (χ3n) is 4.06. The van der Waals surface area contributed by atoms with Crippen LogP contribution in [-0.4, -0.2) is 21.9 Å². The fraction of sp³-hybridized carbons (Fsp3) is 0.471. The molecule has 0 bridgehead atoms. The molecule has 2 heterocycles. The molecule has 116 valence electrons. The van der Waals surface area contributed by atoms with E-state index in [0.29, 0.717) is 18.9 Å². The first-order valence-corrected chi connectivity index (χ1v) is 8.83. The van der Waals surface area contributed by atoms with E-state index < -0.39 is 0 Å². The van der Waals surface area contributed by atoms with Crippen LogP contribution in [0, 0.1) is 0 Å². The fourth-order valence-corrected chi connectivity index (χ4v) is 3.70. The lowest BCUT2D eigenvalue weighted by Crippen LogP contribution is -2.36. The van der Waals surface area contributed by atoms with Crippen molar-refractivity contribution in [3.63, 3.8) is 0 Å². The second kappa shape index (κ2) is 7.49. The molecule has 0 atom stereocenters. The van der Waals surface area contributed by atoms with Crippen molar-refractivity contribution in [2.45, 2.75) is 51.0 Å². The van der Waals surface area contributed by atoms with Crippen LogP contribution in [0.4, 0.5) is 0 Å². The standard InChI is InChI=1S/C17H21N3OS/c21-16(19-14-4-2-1-3-5-14)7-6-15-12-22-17(20-15)13-8-10-18-11-9-13/h8-12,14H,1-7H2,(H,19,21). The highest BCUT2D eigenvalue weighted by molar-refractivity contribution is 7.13. The maximum Gasteiger partial charge on any atom is 0.220 e. The average molecular weight is 315 g/mol. The summed E-state index contributed by atoms with van der Waals surface area (Å²) in [6.07, 6.45) is 10.8. The Labute approximate surface area is 135 Å². The molecule has 1 aliphatic rings. The molecule has 1 N–H and O–H groups in total. The quantitative estimate of drug-likeness (QED) is 0.917. The van der Waals surface area contributed by atoms with Crippen molar-refractivity contribution >= 4 is 17.2 Å². The van der Waals surface area contributed by atoms with Gasteiger partial charge in [-0.05, 0) is 31.4 Å². The van der Waals surface area contributed by atoms with Gasteiger partial charge in [-0.1, -0.05) is 19.3 Å². The molecule has 0 unspecified atom stereocenters. The second-order valence-corrected chi connectivity index (χ2v) is 6.64. The van der Waals surface area contributed by atoms with Gasteiger partial charge in [-0.3, -0.25) is 9.78 Å². The minimum absolute atomic E-state index is 0.158. The van der Waals surface area contributed by atoms with E-state index in [1.807, 2.05) is 17.5 Å². The van der Waals surface area contributed by atoms with Crippen LogP contribution in [0.1, 0.15) is 44.2 Å². The Morgan fingerprint density at radius 2 is 2.00 bits per heavy atom. The van der Waals surface area contributed by atoms with Gasteiger partial charge in [0.25, 0.3) is 0 Å². The number of pyridine rings is 1. The first-order chi connectivity index (χ1) is 10.8. The lowest BCUT2D eigenvalue weighted by molar-refractivity contribution is -0.122. The molecule has 22 heavy (non-hydrogen) atoms. The molecular weight excluding hydrogens is 294 g/mol. The molecule has 0 aliphatic heterocycles. The van der Waals surface area contributed by atoms with Gasteiger partial charge in [-0.15, -0.1) is 11.3 Å². The molecule has 1 aliphatic carbocycles. The normalized spacial score (nSPS) is 15.6. The molecule has 0 aromatic carbocycles. The predicted molar refractivity (Wildman–Crippen MR) is 88.7 cm³/mol. The van der Waals surface area contributed by atoms with E-state index in [0.717, 1.165) is 29.1 Å². The number of hydrogen-bond acceptors (Lipinski definition) is 4. The van der Waals surface area contributed by atoms with Crippen molar-refractivity contribution in [2.24, 2.45) is 0 Å². The summed E-state index contributed by atoms with van der Waals surface area (Å²) in [5.41, 5.74) is 2.08. The summed E-state index contributed by atoms with van der Waals surface area (Å²) in [6.45, 7) is 0. The number of nitrogens with zero attached hydrogens (tertiary/aromatic N) is 2. The smallest absolute Gasteiger partial charge is 0.220 e. The average Bonchev–Trinajstić information content (AvgIpc) is 3.04. The van der Waals surface area contributed by atoms with E-state index in [4.69, 9.17) is 0 Å². The van der Waals surface area contributed by atoms with Gasteiger partial charge in [0.15, 0.2) is 0 Å². The van der Waals surface area contributed by atoms with Crippen LogP contribution in [-0.2, 0) is 11.2 Å². The molecule has 0 saturated heterocycles. The van der Waals surface area contributed by atoms with Crippen LogP contribution in [0.5, 0.6) is 0 Å². The Balaban J connectivity index is 1.49. The van der Waals surface area contributed by atoms with Gasteiger partial charge in [0.05, 0.1) is 5.69 Å². The van der Waals surface area contributed by atoms with Crippen LogP contribution < -0.4 is 5.32 Å². The minimum Gasteiger partial charge on any atom is -0.353 e. The van der Waals surface area contributed by atoms with Crippen molar-refractivity contribution in [2.75, 3.05) is 0 Å². The zero-order valence-electron chi connectivity index (χ0n) is 12.6. The highest BCUT2D eigenvalue weighted by atomic mass is 32.1. The van der Waals surface area contributed by atoms with E-state index in [-0.39, 0.29) is 5.91 Å². The summed E-state index contributed by atoms with van der Waals surface area (Å²) >= 11 is 1.62. The maximum absolute atomic E-state index is 12.0. The third-order valence-corrected chi connectivity index (χ3v) is 5.00. The zero-order chi connectivity index (χ0) is 15.2. The van der Waals surface area contributed by atoms with Crippen molar-refractivity contribution < 1.29 is 4.79 Å². The van der Waals surface area contributed by atoms with Gasteiger partial charge < -0.3 is 5.32 Å². The first kappa shape index (κ1) is 15.2. The van der Waals surface area contributed by atoms with Crippen molar-refractivity contribution in [1.29, 1.82) is 0 Å². The molecule has 5 heteroatoms. The van der Waals surface area contributed by atoms with E-state index in [1.165, 1.54) is 19.3 Å². The Morgan fingerprint density at radius 1 is 1.23 bits per heavy atom. The lowest BCUT2D eigenvalue weighted by Gasteiger charge is -2.22. The number of carbonyl (C=O) groups excluding carboxylic acids is 1. The largest absolute Gasteiger partial charge is 0.353 e. The van der Waals surface area contributed by atoms with Gasteiger partial charge in [-0.25, -0.2) is 4.98 Å². The topological polar surface area (TPSA) is 54.9 Å². The Hall–Kier alpha value is -1.75. The summed E-state index contributed by atoms with van der Waals surface area (Å²) in [7, 11) is 0. The van der Waals surface area contributed by atoms with Crippen LogP contribution in [0.3, 0.4) is 0 Å². The van der Waals surface area contributed by atoms with Gasteiger partial charge >= 0.3 is 0 Å². The van der Waals surface area contributed by atoms with Crippen LogP contribution in [0.2, 0.25) is 0 Å². The molecular formula is C17H21N3OS. The molecule has 0 radical (unpaired) electrons. The molecule has 0 spiro atoms.